The van der Waals surface area contributed by atoms with E-state index >= 15 is 0 Å². The molecule has 1 aliphatic heterocycles. The lowest BCUT2D eigenvalue weighted by Gasteiger charge is -2.18. The highest BCUT2D eigenvalue weighted by molar-refractivity contribution is 6.31. The number of ether oxygens (including phenoxy) is 1. The summed E-state index contributed by atoms with van der Waals surface area (Å²) in [6, 6.07) is 5.77. The molecule has 2 heterocycles. The van der Waals surface area contributed by atoms with Crippen molar-refractivity contribution in [3.05, 3.63) is 52.6 Å². The molecule has 0 radical (unpaired) electrons. The minimum Gasteiger partial charge on any atom is -0.361 e. The molecule has 116 valence electrons. The van der Waals surface area contributed by atoms with E-state index in [0.717, 1.165) is 22.0 Å². The quantitative estimate of drug-likeness (QED) is 0.870. The van der Waals surface area contributed by atoms with E-state index in [9.17, 15) is 4.79 Å². The van der Waals surface area contributed by atoms with Gasteiger partial charge in [0.15, 0.2) is 0 Å². The second kappa shape index (κ2) is 6.10. The highest BCUT2D eigenvalue weighted by atomic mass is 35.5. The van der Waals surface area contributed by atoms with Crippen LogP contribution in [0.1, 0.15) is 30.0 Å². The van der Waals surface area contributed by atoms with Gasteiger partial charge in [-0.05, 0) is 24.1 Å². The number of aromatic nitrogens is 2. The SMILES string of the molecule is CC(OCC(=O)N1Cc2cccc(Cl)c2C1)c1nccn1C. The van der Waals surface area contributed by atoms with Crippen molar-refractivity contribution in [2.75, 3.05) is 6.61 Å². The number of carbonyl (C=O) groups excluding carboxylic acids is 1. The van der Waals surface area contributed by atoms with Gasteiger partial charge in [0.25, 0.3) is 0 Å². The summed E-state index contributed by atoms with van der Waals surface area (Å²) < 4.78 is 7.55. The first-order valence-electron chi connectivity index (χ1n) is 7.19. The Labute approximate surface area is 134 Å². The minimum atomic E-state index is -0.225. The van der Waals surface area contributed by atoms with Gasteiger partial charge in [-0.2, -0.15) is 0 Å². The Hall–Kier alpha value is -1.85. The van der Waals surface area contributed by atoms with E-state index in [4.69, 9.17) is 16.3 Å². The zero-order chi connectivity index (χ0) is 15.7. The maximum Gasteiger partial charge on any atom is 0.249 e. The summed E-state index contributed by atoms with van der Waals surface area (Å²) >= 11 is 6.17. The summed E-state index contributed by atoms with van der Waals surface area (Å²) in [5, 5.41) is 0.718. The van der Waals surface area contributed by atoms with Gasteiger partial charge in [-0.15, -0.1) is 0 Å². The molecule has 6 heteroatoms. The van der Waals surface area contributed by atoms with E-state index in [2.05, 4.69) is 4.98 Å². The second-order valence-corrected chi connectivity index (χ2v) is 5.88. The highest BCUT2D eigenvalue weighted by Crippen LogP contribution is 2.29. The molecule has 1 unspecified atom stereocenters. The van der Waals surface area contributed by atoms with Crippen LogP contribution < -0.4 is 0 Å². The molecule has 3 rings (SSSR count). The summed E-state index contributed by atoms with van der Waals surface area (Å²) in [6.07, 6.45) is 3.35. The summed E-state index contributed by atoms with van der Waals surface area (Å²) in [4.78, 5) is 18.3. The smallest absolute Gasteiger partial charge is 0.249 e. The summed E-state index contributed by atoms with van der Waals surface area (Å²) in [7, 11) is 1.91. The van der Waals surface area contributed by atoms with Crippen LogP contribution in [0.4, 0.5) is 0 Å². The third-order valence-corrected chi connectivity index (χ3v) is 4.31. The molecule has 1 aromatic heterocycles. The van der Waals surface area contributed by atoms with E-state index in [1.54, 1.807) is 11.1 Å². The molecule has 2 aromatic rings. The Bertz CT molecular complexity index is 698. The van der Waals surface area contributed by atoms with Gasteiger partial charge in [-0.3, -0.25) is 4.79 Å². The Morgan fingerprint density at radius 2 is 2.27 bits per heavy atom. The number of benzene rings is 1. The molecular weight excluding hydrogens is 302 g/mol. The van der Waals surface area contributed by atoms with Crippen molar-refractivity contribution in [3.8, 4) is 0 Å². The number of aryl methyl sites for hydroxylation is 1. The molecule has 22 heavy (non-hydrogen) atoms. The Kier molecular flexibility index (Phi) is 4.18. The van der Waals surface area contributed by atoms with Crippen LogP contribution in [-0.2, 0) is 29.7 Å². The number of nitrogens with zero attached hydrogens (tertiary/aromatic N) is 3. The average molecular weight is 320 g/mol. The molecule has 0 aliphatic carbocycles. The third kappa shape index (κ3) is 2.87. The van der Waals surface area contributed by atoms with E-state index < -0.39 is 0 Å². The zero-order valence-corrected chi connectivity index (χ0v) is 13.4. The normalized spacial score (nSPS) is 15.0. The van der Waals surface area contributed by atoms with Crippen molar-refractivity contribution in [3.63, 3.8) is 0 Å². The van der Waals surface area contributed by atoms with Crippen molar-refractivity contribution in [2.24, 2.45) is 7.05 Å². The molecule has 1 amide bonds. The summed E-state index contributed by atoms with van der Waals surface area (Å²) in [5.41, 5.74) is 2.15. The van der Waals surface area contributed by atoms with Crippen LogP contribution in [0.2, 0.25) is 5.02 Å². The van der Waals surface area contributed by atoms with E-state index in [1.165, 1.54) is 0 Å². The Morgan fingerprint density at radius 3 is 2.95 bits per heavy atom. The summed E-state index contributed by atoms with van der Waals surface area (Å²) in [6.45, 7) is 3.08. The van der Waals surface area contributed by atoms with Gasteiger partial charge in [0, 0.05) is 37.6 Å². The summed E-state index contributed by atoms with van der Waals surface area (Å²) in [5.74, 6) is 0.772. The fourth-order valence-electron chi connectivity index (χ4n) is 2.69. The molecular formula is C16H18ClN3O2. The van der Waals surface area contributed by atoms with E-state index in [0.29, 0.717) is 13.1 Å². The van der Waals surface area contributed by atoms with Gasteiger partial charge in [0.05, 0.1) is 0 Å². The predicted molar refractivity (Wildman–Crippen MR) is 83.3 cm³/mol. The van der Waals surface area contributed by atoms with Gasteiger partial charge in [0.1, 0.15) is 18.5 Å². The van der Waals surface area contributed by atoms with Gasteiger partial charge in [-0.1, -0.05) is 23.7 Å². The van der Waals surface area contributed by atoms with Crippen molar-refractivity contribution >= 4 is 17.5 Å². The van der Waals surface area contributed by atoms with Crippen LogP contribution in [-0.4, -0.2) is 27.0 Å². The minimum absolute atomic E-state index is 0.0340. The standard InChI is InChI=1S/C16H18ClN3O2/c1-11(16-18-6-7-19(16)2)22-10-15(21)20-8-12-4-3-5-14(17)13(12)9-20/h3-7,11H,8-10H2,1-2H3. The lowest BCUT2D eigenvalue weighted by Crippen LogP contribution is -2.29. The lowest BCUT2D eigenvalue weighted by atomic mass is 10.1. The van der Waals surface area contributed by atoms with Gasteiger partial charge < -0.3 is 14.2 Å². The van der Waals surface area contributed by atoms with Crippen molar-refractivity contribution in [1.29, 1.82) is 0 Å². The molecule has 5 nitrogen and oxygen atoms in total. The fourth-order valence-corrected chi connectivity index (χ4v) is 2.94. The molecule has 0 saturated heterocycles. The number of imidazole rings is 1. The lowest BCUT2D eigenvalue weighted by molar-refractivity contribution is -0.138. The zero-order valence-electron chi connectivity index (χ0n) is 12.6. The van der Waals surface area contributed by atoms with Crippen LogP contribution in [0.3, 0.4) is 0 Å². The van der Waals surface area contributed by atoms with Gasteiger partial charge in [0.2, 0.25) is 5.91 Å². The monoisotopic (exact) mass is 319 g/mol. The number of rotatable bonds is 4. The van der Waals surface area contributed by atoms with E-state index in [1.807, 2.05) is 42.9 Å². The van der Waals surface area contributed by atoms with Crippen molar-refractivity contribution in [1.82, 2.24) is 14.5 Å². The van der Waals surface area contributed by atoms with Crippen LogP contribution in [0.25, 0.3) is 0 Å². The van der Waals surface area contributed by atoms with Crippen LogP contribution in [0.5, 0.6) is 0 Å². The van der Waals surface area contributed by atoms with Crippen LogP contribution in [0.15, 0.2) is 30.6 Å². The maximum atomic E-state index is 12.3. The maximum absolute atomic E-state index is 12.3. The first-order chi connectivity index (χ1) is 10.6. The number of halogens is 1. The fraction of sp³-hybridized carbons (Fsp3) is 0.375. The number of hydrogen-bond donors (Lipinski definition) is 0. The topological polar surface area (TPSA) is 47.4 Å². The Balaban J connectivity index is 1.58. The Morgan fingerprint density at radius 1 is 1.45 bits per heavy atom. The second-order valence-electron chi connectivity index (χ2n) is 5.48. The third-order valence-electron chi connectivity index (χ3n) is 3.96. The molecule has 1 atom stereocenters. The average Bonchev–Trinajstić information content (AvgIpc) is 3.11. The van der Waals surface area contributed by atoms with Crippen LogP contribution >= 0.6 is 11.6 Å². The number of amides is 1. The largest absolute Gasteiger partial charge is 0.361 e. The molecule has 0 saturated carbocycles. The van der Waals surface area contributed by atoms with Crippen molar-refractivity contribution < 1.29 is 9.53 Å². The molecule has 0 fully saturated rings. The molecule has 0 N–H and O–H groups in total. The van der Waals surface area contributed by atoms with Gasteiger partial charge >= 0.3 is 0 Å². The van der Waals surface area contributed by atoms with E-state index in [-0.39, 0.29) is 18.6 Å². The van der Waals surface area contributed by atoms with Crippen LogP contribution in [0, 0.1) is 0 Å². The number of hydrogen-bond acceptors (Lipinski definition) is 3. The number of fused-ring (bicyclic) bond motifs is 1. The molecule has 0 spiro atoms. The first kappa shape index (κ1) is 15.1. The molecule has 1 aliphatic rings. The predicted octanol–water partition coefficient (Wildman–Crippen LogP) is 2.69. The first-order valence-corrected chi connectivity index (χ1v) is 7.57. The molecule has 0 bridgehead atoms. The molecule has 1 aromatic carbocycles. The number of carbonyl (C=O) groups is 1. The van der Waals surface area contributed by atoms with Crippen molar-refractivity contribution in [2.45, 2.75) is 26.1 Å². The van der Waals surface area contributed by atoms with Gasteiger partial charge in [-0.25, -0.2) is 4.98 Å². The highest BCUT2D eigenvalue weighted by Gasteiger charge is 2.25.